The zero-order valence-electron chi connectivity index (χ0n) is 6.92. The predicted octanol–water partition coefficient (Wildman–Crippen LogP) is 1.73. The zero-order chi connectivity index (χ0) is 7.90. The molecule has 1 aliphatic heterocycles. The topological polar surface area (TPSA) is 0 Å². The van der Waals surface area contributed by atoms with Gasteiger partial charge in [-0.05, 0) is 0 Å². The summed E-state index contributed by atoms with van der Waals surface area (Å²) in [6.07, 6.45) is 0. The SMILES string of the molecule is CC1(C)C[Se]c2ccccc21. The van der Waals surface area contributed by atoms with Gasteiger partial charge in [0.25, 0.3) is 0 Å². The Morgan fingerprint density at radius 1 is 1.27 bits per heavy atom. The second-order valence-electron chi connectivity index (χ2n) is 3.67. The van der Waals surface area contributed by atoms with Crippen molar-refractivity contribution in [3.05, 3.63) is 29.8 Å². The van der Waals surface area contributed by atoms with Crippen LogP contribution in [0.3, 0.4) is 0 Å². The van der Waals surface area contributed by atoms with Crippen LogP contribution in [0.25, 0.3) is 0 Å². The average Bonchev–Trinajstić information content (AvgIpc) is 2.29. The molecule has 0 saturated carbocycles. The van der Waals surface area contributed by atoms with Crippen molar-refractivity contribution in [2.24, 2.45) is 0 Å². The summed E-state index contributed by atoms with van der Waals surface area (Å²) in [6, 6.07) is 8.87. The molecule has 2 rings (SSSR count). The number of hydrogen-bond donors (Lipinski definition) is 0. The molecule has 0 aliphatic carbocycles. The van der Waals surface area contributed by atoms with Crippen molar-refractivity contribution in [3.8, 4) is 0 Å². The van der Waals surface area contributed by atoms with E-state index < -0.39 is 0 Å². The third-order valence-corrected chi connectivity index (χ3v) is 5.42. The number of rotatable bonds is 0. The van der Waals surface area contributed by atoms with Crippen LogP contribution in [-0.2, 0) is 5.41 Å². The number of hydrogen-bond acceptors (Lipinski definition) is 0. The van der Waals surface area contributed by atoms with Crippen molar-refractivity contribution in [1.82, 2.24) is 0 Å². The number of benzene rings is 1. The van der Waals surface area contributed by atoms with E-state index in [0.717, 1.165) is 15.0 Å². The van der Waals surface area contributed by atoms with Crippen LogP contribution in [-0.4, -0.2) is 15.0 Å². The molecular weight excluding hydrogens is 199 g/mol. The fourth-order valence-electron chi connectivity index (χ4n) is 1.49. The van der Waals surface area contributed by atoms with Gasteiger partial charge in [-0.2, -0.15) is 0 Å². The van der Waals surface area contributed by atoms with E-state index in [-0.39, 0.29) is 0 Å². The van der Waals surface area contributed by atoms with Crippen LogP contribution in [0.4, 0.5) is 0 Å². The summed E-state index contributed by atoms with van der Waals surface area (Å²) in [5.74, 6) is 0. The average molecular weight is 211 g/mol. The quantitative estimate of drug-likeness (QED) is 0.573. The van der Waals surface area contributed by atoms with Crippen molar-refractivity contribution in [2.45, 2.75) is 24.6 Å². The van der Waals surface area contributed by atoms with Gasteiger partial charge in [-0.3, -0.25) is 0 Å². The molecule has 11 heavy (non-hydrogen) atoms. The van der Waals surface area contributed by atoms with E-state index in [4.69, 9.17) is 0 Å². The first-order valence-corrected chi connectivity index (χ1v) is 5.99. The Labute approximate surface area is 74.2 Å². The van der Waals surface area contributed by atoms with E-state index in [2.05, 4.69) is 38.1 Å². The minimum atomic E-state index is 0.455. The fraction of sp³-hybridized carbons (Fsp3) is 0.400. The van der Waals surface area contributed by atoms with E-state index in [1.54, 1.807) is 10.0 Å². The van der Waals surface area contributed by atoms with Crippen LogP contribution >= 0.6 is 0 Å². The molecule has 0 saturated heterocycles. The first-order valence-electron chi connectivity index (χ1n) is 3.92. The van der Waals surface area contributed by atoms with Crippen molar-refractivity contribution in [1.29, 1.82) is 0 Å². The Hall–Kier alpha value is -0.261. The summed E-state index contributed by atoms with van der Waals surface area (Å²) in [7, 11) is 0. The monoisotopic (exact) mass is 212 g/mol. The van der Waals surface area contributed by atoms with Gasteiger partial charge in [-0.1, -0.05) is 0 Å². The van der Waals surface area contributed by atoms with Crippen molar-refractivity contribution >= 4 is 19.4 Å². The van der Waals surface area contributed by atoms with Gasteiger partial charge in [0.2, 0.25) is 0 Å². The van der Waals surface area contributed by atoms with Gasteiger partial charge in [0.1, 0.15) is 0 Å². The second kappa shape index (κ2) is 2.36. The van der Waals surface area contributed by atoms with Crippen LogP contribution in [0.15, 0.2) is 24.3 Å². The van der Waals surface area contributed by atoms with E-state index in [1.807, 2.05) is 0 Å². The Balaban J connectivity index is 2.56. The summed E-state index contributed by atoms with van der Waals surface area (Å²) in [5.41, 5.74) is 2.04. The zero-order valence-corrected chi connectivity index (χ0v) is 8.64. The van der Waals surface area contributed by atoms with Crippen molar-refractivity contribution in [3.63, 3.8) is 0 Å². The van der Waals surface area contributed by atoms with E-state index >= 15 is 0 Å². The first kappa shape index (κ1) is 7.39. The Morgan fingerprint density at radius 3 is 2.73 bits per heavy atom. The van der Waals surface area contributed by atoms with E-state index in [9.17, 15) is 0 Å². The van der Waals surface area contributed by atoms with Crippen LogP contribution < -0.4 is 4.46 Å². The normalized spacial score (nSPS) is 19.8. The van der Waals surface area contributed by atoms with Gasteiger partial charge in [0.05, 0.1) is 0 Å². The van der Waals surface area contributed by atoms with Gasteiger partial charge < -0.3 is 0 Å². The van der Waals surface area contributed by atoms with Gasteiger partial charge >= 0.3 is 73.8 Å². The Bertz CT molecular complexity index is 276. The molecule has 1 aromatic carbocycles. The fourth-order valence-corrected chi connectivity index (χ4v) is 4.31. The molecule has 1 aromatic rings. The summed E-state index contributed by atoms with van der Waals surface area (Å²) in [5, 5.41) is 1.37. The van der Waals surface area contributed by atoms with Gasteiger partial charge in [0, 0.05) is 0 Å². The predicted molar refractivity (Wildman–Crippen MR) is 49.7 cm³/mol. The van der Waals surface area contributed by atoms with Crippen LogP contribution in [0.1, 0.15) is 19.4 Å². The molecule has 1 heteroatoms. The Morgan fingerprint density at radius 2 is 2.00 bits per heavy atom. The van der Waals surface area contributed by atoms with Crippen LogP contribution in [0.5, 0.6) is 0 Å². The molecule has 1 aliphatic rings. The molecule has 0 spiro atoms. The van der Waals surface area contributed by atoms with Gasteiger partial charge in [0.15, 0.2) is 0 Å². The molecule has 0 bridgehead atoms. The molecule has 1 heterocycles. The minimum absolute atomic E-state index is 0.455. The molecule has 0 fully saturated rings. The van der Waals surface area contributed by atoms with Crippen molar-refractivity contribution < 1.29 is 0 Å². The number of fused-ring (bicyclic) bond motifs is 1. The molecule has 0 N–H and O–H groups in total. The molecule has 0 amide bonds. The summed E-state index contributed by atoms with van der Waals surface area (Å²) < 4.78 is 1.62. The van der Waals surface area contributed by atoms with E-state index in [1.165, 1.54) is 5.32 Å². The van der Waals surface area contributed by atoms with Gasteiger partial charge in [-0.15, -0.1) is 0 Å². The van der Waals surface area contributed by atoms with Crippen LogP contribution in [0.2, 0.25) is 5.32 Å². The summed E-state index contributed by atoms with van der Waals surface area (Å²) >= 11 is 0.736. The molecule has 58 valence electrons. The maximum absolute atomic E-state index is 2.35. The molecule has 0 radical (unpaired) electrons. The second-order valence-corrected chi connectivity index (χ2v) is 5.80. The third-order valence-electron chi connectivity index (χ3n) is 2.20. The summed E-state index contributed by atoms with van der Waals surface area (Å²) in [4.78, 5) is 0. The third kappa shape index (κ3) is 1.13. The van der Waals surface area contributed by atoms with Gasteiger partial charge in [-0.25, -0.2) is 0 Å². The Kier molecular flexibility index (Phi) is 1.59. The van der Waals surface area contributed by atoms with Crippen LogP contribution in [0, 0.1) is 0 Å². The summed E-state index contributed by atoms with van der Waals surface area (Å²) in [6.45, 7) is 4.70. The molecule has 0 aromatic heterocycles. The standard InChI is InChI=1S/C10H12Se/c1-10(2)7-11-9-6-4-3-5-8(9)10/h3-6H,7H2,1-2H3. The molecular formula is C10H12Se. The molecule has 0 nitrogen and oxygen atoms in total. The first-order chi connectivity index (χ1) is 5.20. The molecule has 0 unspecified atom stereocenters. The van der Waals surface area contributed by atoms with Crippen molar-refractivity contribution in [2.75, 3.05) is 0 Å². The maximum atomic E-state index is 2.35. The van der Waals surface area contributed by atoms with E-state index in [0.29, 0.717) is 5.41 Å². The molecule has 0 atom stereocenters.